The zero-order valence-corrected chi connectivity index (χ0v) is 16.2. The lowest BCUT2D eigenvalue weighted by Crippen LogP contribution is -2.52. The first kappa shape index (κ1) is 19.4. The van der Waals surface area contributed by atoms with Gasteiger partial charge in [-0.15, -0.1) is 0 Å². The van der Waals surface area contributed by atoms with Crippen molar-refractivity contribution in [2.24, 2.45) is 11.7 Å². The van der Waals surface area contributed by atoms with Gasteiger partial charge in [0.25, 0.3) is 0 Å². The van der Waals surface area contributed by atoms with Gasteiger partial charge in [0, 0.05) is 24.5 Å². The van der Waals surface area contributed by atoms with Gasteiger partial charge in [-0.3, -0.25) is 4.79 Å². The monoisotopic (exact) mass is 405 g/mol. The largest absolute Gasteiger partial charge is 0.484 e. The molecule has 4 rings (SSSR count). The molecular formula is C21H22F3N3O2. The molecule has 0 aliphatic carbocycles. The number of hydrogen-bond acceptors (Lipinski definition) is 4. The minimum absolute atomic E-state index is 0.150. The maximum Gasteiger partial charge on any atom is 0.416 e. The highest BCUT2D eigenvalue weighted by Gasteiger charge is 2.37. The molecule has 2 aromatic rings. The van der Waals surface area contributed by atoms with Crippen LogP contribution in [0, 0.1) is 5.92 Å². The lowest BCUT2D eigenvalue weighted by atomic mass is 9.98. The zero-order valence-electron chi connectivity index (χ0n) is 16.2. The van der Waals surface area contributed by atoms with Gasteiger partial charge in [0.1, 0.15) is 11.4 Å². The van der Waals surface area contributed by atoms with Crippen molar-refractivity contribution in [3.05, 3.63) is 48.0 Å². The van der Waals surface area contributed by atoms with Crippen LogP contribution in [0.3, 0.4) is 0 Å². The second-order valence-electron chi connectivity index (χ2n) is 8.15. The van der Waals surface area contributed by atoms with E-state index in [2.05, 4.69) is 4.90 Å². The van der Waals surface area contributed by atoms with Crippen molar-refractivity contribution in [3.63, 3.8) is 0 Å². The van der Waals surface area contributed by atoms with E-state index in [0.717, 1.165) is 23.5 Å². The molecule has 0 saturated carbocycles. The summed E-state index contributed by atoms with van der Waals surface area (Å²) < 4.78 is 45.3. The predicted octanol–water partition coefficient (Wildman–Crippen LogP) is 3.94. The number of primary amides is 1. The van der Waals surface area contributed by atoms with E-state index in [1.165, 1.54) is 6.07 Å². The Morgan fingerprint density at radius 1 is 1.14 bits per heavy atom. The Bertz CT molecular complexity index is 952. The Morgan fingerprint density at radius 3 is 2.48 bits per heavy atom. The summed E-state index contributed by atoms with van der Waals surface area (Å²) in [7, 11) is 0. The molecule has 0 spiro atoms. The van der Waals surface area contributed by atoms with Gasteiger partial charge in [-0.25, -0.2) is 0 Å². The third-order valence-corrected chi connectivity index (χ3v) is 5.29. The molecule has 154 valence electrons. The smallest absolute Gasteiger partial charge is 0.416 e. The summed E-state index contributed by atoms with van der Waals surface area (Å²) in [5, 5.41) is 0. The van der Waals surface area contributed by atoms with Crippen LogP contribution in [0.4, 0.5) is 30.2 Å². The molecule has 1 saturated heterocycles. The number of hydrogen-bond donors (Lipinski definition) is 1. The average molecular weight is 405 g/mol. The number of fused-ring (bicyclic) bond motifs is 1. The Balaban J connectivity index is 1.67. The molecule has 2 aliphatic rings. The van der Waals surface area contributed by atoms with Gasteiger partial charge < -0.3 is 20.3 Å². The average Bonchev–Trinajstić information content (AvgIpc) is 2.57. The third-order valence-electron chi connectivity index (χ3n) is 5.29. The highest BCUT2D eigenvalue weighted by Crippen LogP contribution is 2.44. The van der Waals surface area contributed by atoms with Crippen LogP contribution in [0.5, 0.6) is 5.75 Å². The van der Waals surface area contributed by atoms with Crippen LogP contribution in [0.25, 0.3) is 0 Å². The van der Waals surface area contributed by atoms with E-state index in [-0.39, 0.29) is 17.6 Å². The quantitative estimate of drug-likeness (QED) is 0.841. The van der Waals surface area contributed by atoms with Crippen molar-refractivity contribution in [3.8, 4) is 5.75 Å². The third kappa shape index (κ3) is 3.71. The molecule has 0 radical (unpaired) electrons. The summed E-state index contributed by atoms with van der Waals surface area (Å²) >= 11 is 0. The van der Waals surface area contributed by atoms with E-state index in [1.807, 2.05) is 43.0 Å². The highest BCUT2D eigenvalue weighted by molar-refractivity contribution is 5.81. The van der Waals surface area contributed by atoms with Crippen LogP contribution in [-0.4, -0.2) is 31.1 Å². The number of nitrogens with two attached hydrogens (primary N) is 1. The number of amides is 1. The SMILES string of the molecule is CC1(C)CN(c2cccc(N3CC(C(N)=O)C3)c2)c2ccc(C(F)(F)F)cc2O1. The van der Waals surface area contributed by atoms with Gasteiger partial charge in [0.2, 0.25) is 5.91 Å². The number of anilines is 3. The van der Waals surface area contributed by atoms with E-state index in [0.29, 0.717) is 25.3 Å². The molecule has 29 heavy (non-hydrogen) atoms. The number of benzene rings is 2. The van der Waals surface area contributed by atoms with Gasteiger partial charge in [-0.05, 0) is 50.2 Å². The fraction of sp³-hybridized carbons (Fsp3) is 0.381. The Kier molecular flexibility index (Phi) is 4.40. The van der Waals surface area contributed by atoms with Crippen molar-refractivity contribution in [2.75, 3.05) is 29.4 Å². The normalized spacial score (nSPS) is 18.7. The molecule has 0 bridgehead atoms. The summed E-state index contributed by atoms with van der Waals surface area (Å²) in [6, 6.07) is 11.3. The number of carbonyl (C=O) groups is 1. The molecule has 2 heterocycles. The fourth-order valence-electron chi connectivity index (χ4n) is 3.75. The lowest BCUT2D eigenvalue weighted by molar-refractivity contribution is -0.137. The fourth-order valence-corrected chi connectivity index (χ4v) is 3.75. The van der Waals surface area contributed by atoms with Crippen LogP contribution in [0.1, 0.15) is 19.4 Å². The summed E-state index contributed by atoms with van der Waals surface area (Å²) in [5.41, 5.74) is 6.32. The molecule has 2 N–H and O–H groups in total. The maximum absolute atomic E-state index is 13.1. The molecule has 0 unspecified atom stereocenters. The first-order valence-electron chi connectivity index (χ1n) is 9.36. The van der Waals surface area contributed by atoms with Gasteiger partial charge in [-0.1, -0.05) is 6.07 Å². The second kappa shape index (κ2) is 6.57. The van der Waals surface area contributed by atoms with E-state index in [1.54, 1.807) is 0 Å². The topological polar surface area (TPSA) is 58.8 Å². The maximum atomic E-state index is 13.1. The highest BCUT2D eigenvalue weighted by atomic mass is 19.4. The minimum Gasteiger partial charge on any atom is -0.484 e. The van der Waals surface area contributed by atoms with E-state index in [9.17, 15) is 18.0 Å². The Hall–Kier alpha value is -2.90. The van der Waals surface area contributed by atoms with Crippen LogP contribution in [0.2, 0.25) is 0 Å². The Morgan fingerprint density at radius 2 is 1.83 bits per heavy atom. The summed E-state index contributed by atoms with van der Waals surface area (Å²) in [6.07, 6.45) is -4.43. The first-order chi connectivity index (χ1) is 13.5. The van der Waals surface area contributed by atoms with Crippen molar-refractivity contribution >= 4 is 23.0 Å². The minimum atomic E-state index is -4.43. The lowest BCUT2D eigenvalue weighted by Gasteiger charge is -2.42. The summed E-state index contributed by atoms with van der Waals surface area (Å²) in [5.74, 6) is -0.247. The number of halogens is 3. The molecule has 0 aromatic heterocycles. The second-order valence-corrected chi connectivity index (χ2v) is 8.15. The summed E-state index contributed by atoms with van der Waals surface area (Å²) in [6.45, 7) is 5.32. The molecule has 5 nitrogen and oxygen atoms in total. The molecule has 2 aromatic carbocycles. The van der Waals surface area contributed by atoms with Crippen LogP contribution in [-0.2, 0) is 11.0 Å². The van der Waals surface area contributed by atoms with Gasteiger partial charge in [-0.2, -0.15) is 13.2 Å². The number of alkyl halides is 3. The molecule has 2 aliphatic heterocycles. The number of rotatable bonds is 3. The zero-order chi connectivity index (χ0) is 21.0. The van der Waals surface area contributed by atoms with Gasteiger partial charge in [0.05, 0.1) is 23.7 Å². The molecular weight excluding hydrogens is 383 g/mol. The van der Waals surface area contributed by atoms with E-state index >= 15 is 0 Å². The van der Waals surface area contributed by atoms with Crippen molar-refractivity contribution in [1.29, 1.82) is 0 Å². The molecule has 8 heteroatoms. The number of ether oxygens (including phenoxy) is 1. The molecule has 0 atom stereocenters. The number of carbonyl (C=O) groups excluding carboxylic acids is 1. The van der Waals surface area contributed by atoms with Crippen LogP contribution in [0.15, 0.2) is 42.5 Å². The first-order valence-corrected chi connectivity index (χ1v) is 9.36. The van der Waals surface area contributed by atoms with Crippen molar-refractivity contribution in [2.45, 2.75) is 25.6 Å². The standard InChI is InChI=1S/C21H22F3N3O2/c1-20(2)12-27(17-7-6-14(21(22,23)24)8-18(17)29-20)16-5-3-4-15(9-16)26-10-13(11-26)19(25)28/h3-9,13H,10-12H2,1-2H3,(H2,25,28). The van der Waals surface area contributed by atoms with Gasteiger partial charge >= 0.3 is 6.18 Å². The van der Waals surface area contributed by atoms with Crippen LogP contribution >= 0.6 is 0 Å². The van der Waals surface area contributed by atoms with E-state index < -0.39 is 17.3 Å². The molecule has 1 amide bonds. The van der Waals surface area contributed by atoms with E-state index in [4.69, 9.17) is 10.5 Å². The van der Waals surface area contributed by atoms with Crippen LogP contribution < -0.4 is 20.3 Å². The summed E-state index contributed by atoms with van der Waals surface area (Å²) in [4.78, 5) is 15.3. The number of nitrogens with zero attached hydrogens (tertiary/aromatic N) is 2. The Labute approximate surface area is 166 Å². The van der Waals surface area contributed by atoms with Gasteiger partial charge in [0.15, 0.2) is 0 Å². The van der Waals surface area contributed by atoms with Crippen molar-refractivity contribution in [1.82, 2.24) is 0 Å². The predicted molar refractivity (Wildman–Crippen MR) is 104 cm³/mol. The molecule has 1 fully saturated rings. The van der Waals surface area contributed by atoms with Crippen molar-refractivity contribution < 1.29 is 22.7 Å².